The molecule has 0 aromatic heterocycles. The van der Waals surface area contributed by atoms with Gasteiger partial charge in [0.1, 0.15) is 0 Å². The number of hydrogen-bond acceptors (Lipinski definition) is 1. The fourth-order valence-corrected chi connectivity index (χ4v) is 0.968. The number of rotatable bonds is 6. The molecule has 0 saturated heterocycles. The van der Waals surface area contributed by atoms with Gasteiger partial charge in [-0.1, -0.05) is 39.8 Å². The van der Waals surface area contributed by atoms with Gasteiger partial charge >= 0.3 is 0 Å². The van der Waals surface area contributed by atoms with Crippen molar-refractivity contribution in [1.29, 1.82) is 0 Å². The molecule has 0 aromatic carbocycles. The maximum atomic E-state index is 11.2. The van der Waals surface area contributed by atoms with Crippen molar-refractivity contribution in [2.45, 2.75) is 40.5 Å². The number of hydrogen-bond donors (Lipinski definition) is 0. The lowest BCUT2D eigenvalue weighted by molar-refractivity contribution is -0.110. The first kappa shape index (κ1) is 13.2. The zero-order valence-corrected chi connectivity index (χ0v) is 9.79. The number of carbonyl (C=O) groups excluding carboxylic acids is 1. The van der Waals surface area contributed by atoms with Crippen LogP contribution in [0.4, 0.5) is 0 Å². The van der Waals surface area contributed by atoms with Crippen molar-refractivity contribution in [1.82, 2.24) is 0 Å². The van der Waals surface area contributed by atoms with Crippen molar-refractivity contribution < 1.29 is 4.79 Å². The Morgan fingerprint density at radius 3 is 1.57 bits per heavy atom. The number of carbonyl (C=O) groups is 1. The van der Waals surface area contributed by atoms with Crippen molar-refractivity contribution in [2.75, 3.05) is 0 Å². The molecule has 0 bridgehead atoms. The molecule has 0 aliphatic carbocycles. The van der Waals surface area contributed by atoms with Crippen molar-refractivity contribution >= 4 is 5.78 Å². The van der Waals surface area contributed by atoms with Crippen LogP contribution in [0.3, 0.4) is 0 Å². The minimum atomic E-state index is 0.103. The maximum absolute atomic E-state index is 11.2. The Hall–Kier alpha value is -0.850. The summed E-state index contributed by atoms with van der Waals surface area (Å²) in [6.07, 6.45) is 9.18. The predicted molar refractivity (Wildman–Crippen MR) is 62.2 cm³/mol. The van der Waals surface area contributed by atoms with Crippen LogP contribution in [0.15, 0.2) is 24.3 Å². The summed E-state index contributed by atoms with van der Waals surface area (Å²) >= 11 is 0. The van der Waals surface area contributed by atoms with Crippen LogP contribution in [-0.2, 0) is 4.79 Å². The van der Waals surface area contributed by atoms with Gasteiger partial charge in [0, 0.05) is 0 Å². The normalized spacial score (nSPS) is 12.4. The molecule has 0 atom stereocenters. The molecule has 14 heavy (non-hydrogen) atoms. The van der Waals surface area contributed by atoms with Crippen molar-refractivity contribution in [2.24, 2.45) is 11.8 Å². The summed E-state index contributed by atoms with van der Waals surface area (Å²) in [6.45, 7) is 8.57. The second-order valence-electron chi connectivity index (χ2n) is 4.47. The zero-order valence-electron chi connectivity index (χ0n) is 9.79. The smallest absolute Gasteiger partial charge is 0.177 e. The van der Waals surface area contributed by atoms with E-state index >= 15 is 0 Å². The molecular weight excluding hydrogens is 172 g/mol. The Labute approximate surface area is 87.9 Å². The molecule has 0 amide bonds. The average molecular weight is 194 g/mol. The van der Waals surface area contributed by atoms with Gasteiger partial charge in [0.2, 0.25) is 0 Å². The van der Waals surface area contributed by atoms with Crippen LogP contribution < -0.4 is 0 Å². The summed E-state index contributed by atoms with van der Waals surface area (Å²) in [5, 5.41) is 0. The summed E-state index contributed by atoms with van der Waals surface area (Å²) in [5.41, 5.74) is 0. The lowest BCUT2D eigenvalue weighted by Crippen LogP contribution is -1.88. The topological polar surface area (TPSA) is 17.1 Å². The molecule has 0 radical (unpaired) electrons. The van der Waals surface area contributed by atoms with E-state index in [9.17, 15) is 4.79 Å². The summed E-state index contributed by atoms with van der Waals surface area (Å²) in [6, 6.07) is 0. The van der Waals surface area contributed by atoms with Gasteiger partial charge in [0.25, 0.3) is 0 Å². The zero-order chi connectivity index (χ0) is 11.0. The molecular formula is C13H22O. The minimum absolute atomic E-state index is 0.103. The molecule has 0 spiro atoms. The van der Waals surface area contributed by atoms with Crippen LogP contribution in [0.25, 0.3) is 0 Å². The lowest BCUT2D eigenvalue weighted by atomic mass is 10.1. The SMILES string of the molecule is CC(C)C/C=C/C(=O)/C=C/CC(C)C. The predicted octanol–water partition coefficient (Wildman–Crippen LogP) is 3.76. The molecule has 1 heteroatoms. The Morgan fingerprint density at radius 2 is 1.29 bits per heavy atom. The molecule has 80 valence electrons. The lowest BCUT2D eigenvalue weighted by Gasteiger charge is -1.96. The van der Waals surface area contributed by atoms with E-state index in [1.165, 1.54) is 0 Å². The van der Waals surface area contributed by atoms with Gasteiger partial charge in [-0.15, -0.1) is 0 Å². The van der Waals surface area contributed by atoms with E-state index in [0.29, 0.717) is 11.8 Å². The average Bonchev–Trinajstić information content (AvgIpc) is 2.02. The van der Waals surface area contributed by atoms with E-state index in [1.54, 1.807) is 12.2 Å². The Kier molecular flexibility index (Phi) is 7.09. The fourth-order valence-electron chi connectivity index (χ4n) is 0.968. The van der Waals surface area contributed by atoms with Gasteiger partial charge in [-0.25, -0.2) is 0 Å². The highest BCUT2D eigenvalue weighted by atomic mass is 16.1. The maximum Gasteiger partial charge on any atom is 0.177 e. The van der Waals surface area contributed by atoms with Gasteiger partial charge in [-0.3, -0.25) is 4.79 Å². The first-order valence-electron chi connectivity index (χ1n) is 5.39. The first-order chi connectivity index (χ1) is 6.52. The van der Waals surface area contributed by atoms with Gasteiger partial charge in [-0.2, -0.15) is 0 Å². The molecule has 0 rings (SSSR count). The molecule has 0 saturated carbocycles. The van der Waals surface area contributed by atoms with E-state index < -0.39 is 0 Å². The van der Waals surface area contributed by atoms with E-state index in [2.05, 4.69) is 27.7 Å². The third kappa shape index (κ3) is 9.24. The number of ketones is 1. The van der Waals surface area contributed by atoms with Crippen LogP contribution in [0.5, 0.6) is 0 Å². The highest BCUT2D eigenvalue weighted by molar-refractivity contribution is 5.99. The number of allylic oxidation sites excluding steroid dienone is 4. The van der Waals surface area contributed by atoms with Crippen molar-refractivity contribution in [3.63, 3.8) is 0 Å². The quantitative estimate of drug-likeness (QED) is 0.588. The Bertz CT molecular complexity index is 187. The summed E-state index contributed by atoms with van der Waals surface area (Å²) in [4.78, 5) is 11.2. The van der Waals surface area contributed by atoms with Crippen LogP contribution in [0, 0.1) is 11.8 Å². The molecule has 0 aliphatic rings. The molecule has 0 unspecified atom stereocenters. The summed E-state index contributed by atoms with van der Waals surface area (Å²) < 4.78 is 0. The van der Waals surface area contributed by atoms with E-state index in [4.69, 9.17) is 0 Å². The molecule has 1 nitrogen and oxygen atoms in total. The standard InChI is InChI=1S/C13H22O/c1-11(2)7-5-9-13(14)10-6-8-12(3)4/h5-6,9-12H,7-8H2,1-4H3/b9-5+,10-6+. The van der Waals surface area contributed by atoms with Crippen LogP contribution in [-0.4, -0.2) is 5.78 Å². The second-order valence-corrected chi connectivity index (χ2v) is 4.47. The molecule has 0 N–H and O–H groups in total. The molecule has 0 aliphatic heterocycles. The van der Waals surface area contributed by atoms with Crippen molar-refractivity contribution in [3.05, 3.63) is 24.3 Å². The van der Waals surface area contributed by atoms with Crippen LogP contribution >= 0.6 is 0 Å². The Balaban J connectivity index is 3.75. The van der Waals surface area contributed by atoms with Crippen LogP contribution in [0.2, 0.25) is 0 Å². The van der Waals surface area contributed by atoms with Crippen molar-refractivity contribution in [3.8, 4) is 0 Å². The van der Waals surface area contributed by atoms with Crippen LogP contribution in [0.1, 0.15) is 40.5 Å². The highest BCUT2D eigenvalue weighted by Crippen LogP contribution is 2.01. The second kappa shape index (κ2) is 7.54. The van der Waals surface area contributed by atoms with Gasteiger partial charge in [0.15, 0.2) is 5.78 Å². The monoisotopic (exact) mass is 194 g/mol. The third-order valence-corrected chi connectivity index (χ3v) is 1.78. The van der Waals surface area contributed by atoms with E-state index in [1.807, 2.05) is 12.2 Å². The third-order valence-electron chi connectivity index (χ3n) is 1.78. The fraction of sp³-hybridized carbons (Fsp3) is 0.615. The van der Waals surface area contributed by atoms with E-state index in [0.717, 1.165) is 12.8 Å². The van der Waals surface area contributed by atoms with E-state index in [-0.39, 0.29) is 5.78 Å². The molecule has 0 aromatic rings. The largest absolute Gasteiger partial charge is 0.290 e. The first-order valence-corrected chi connectivity index (χ1v) is 5.39. The minimum Gasteiger partial charge on any atom is -0.290 e. The summed E-state index contributed by atoms with van der Waals surface area (Å²) in [5.74, 6) is 1.35. The Morgan fingerprint density at radius 1 is 0.929 bits per heavy atom. The van der Waals surface area contributed by atoms with Gasteiger partial charge in [-0.05, 0) is 36.8 Å². The highest BCUT2D eigenvalue weighted by Gasteiger charge is 1.92. The summed E-state index contributed by atoms with van der Waals surface area (Å²) in [7, 11) is 0. The molecule has 0 heterocycles. The van der Waals surface area contributed by atoms with Gasteiger partial charge in [0.05, 0.1) is 0 Å². The van der Waals surface area contributed by atoms with Gasteiger partial charge < -0.3 is 0 Å². The molecule has 0 fully saturated rings.